The first-order chi connectivity index (χ1) is 5.16. The Bertz CT molecular complexity index is 216. The van der Waals surface area contributed by atoms with Gasteiger partial charge < -0.3 is 4.79 Å². The summed E-state index contributed by atoms with van der Waals surface area (Å²) in [5.74, 6) is -0.271. The molecule has 1 rings (SSSR count). The third kappa shape index (κ3) is 1.42. The minimum atomic E-state index is -0.331. The summed E-state index contributed by atoms with van der Waals surface area (Å²) in [6.07, 6.45) is 0.550. The second-order valence-electron chi connectivity index (χ2n) is 2.14. The zero-order valence-corrected chi connectivity index (χ0v) is 6.76. The molecule has 1 aliphatic heterocycles. The highest BCUT2D eigenvalue weighted by Crippen LogP contribution is 2.25. The number of carbonyl (C=O) groups is 3. The Morgan fingerprint density at radius 3 is 2.64 bits per heavy atom. The van der Waals surface area contributed by atoms with Gasteiger partial charge in [0.25, 0.3) is 5.24 Å². The Kier molecular flexibility index (Phi) is 2.28. The molecule has 1 aliphatic rings. The molecular weight excluding hydrogens is 166 g/mol. The van der Waals surface area contributed by atoms with Crippen LogP contribution in [0.4, 0.5) is 4.79 Å². The lowest BCUT2D eigenvalue weighted by Gasteiger charge is -2.06. The summed E-state index contributed by atoms with van der Waals surface area (Å²) in [6.45, 7) is 1.53. The normalized spacial score (nSPS) is 24.5. The van der Waals surface area contributed by atoms with Gasteiger partial charge in [-0.3, -0.25) is 14.5 Å². The van der Waals surface area contributed by atoms with Crippen molar-refractivity contribution in [2.75, 3.05) is 6.54 Å². The highest BCUT2D eigenvalue weighted by Gasteiger charge is 2.35. The Morgan fingerprint density at radius 2 is 2.27 bits per heavy atom. The van der Waals surface area contributed by atoms with E-state index in [1.807, 2.05) is 0 Å². The van der Waals surface area contributed by atoms with Gasteiger partial charge in [-0.1, -0.05) is 11.8 Å². The van der Waals surface area contributed by atoms with E-state index < -0.39 is 0 Å². The molecule has 0 aromatic heterocycles. The Morgan fingerprint density at radius 1 is 1.64 bits per heavy atom. The minimum Gasteiger partial charge on any atom is -0.301 e. The maximum atomic E-state index is 11.0. The Hall–Kier alpha value is -0.840. The van der Waals surface area contributed by atoms with Crippen molar-refractivity contribution in [2.24, 2.45) is 0 Å². The number of hydrogen-bond donors (Lipinski definition) is 0. The predicted molar refractivity (Wildman–Crippen MR) is 40.2 cm³/mol. The van der Waals surface area contributed by atoms with Crippen LogP contribution in [0.5, 0.6) is 0 Å². The van der Waals surface area contributed by atoms with Crippen molar-refractivity contribution in [2.45, 2.75) is 12.2 Å². The van der Waals surface area contributed by atoms with Crippen LogP contribution in [0.15, 0.2) is 0 Å². The molecule has 0 bridgehead atoms. The summed E-state index contributed by atoms with van der Waals surface area (Å²) in [7, 11) is 0. The van der Waals surface area contributed by atoms with Crippen molar-refractivity contribution in [3.8, 4) is 0 Å². The largest absolute Gasteiger partial charge is 0.301 e. The van der Waals surface area contributed by atoms with E-state index in [-0.39, 0.29) is 22.9 Å². The van der Waals surface area contributed by atoms with Gasteiger partial charge in [-0.15, -0.1) is 0 Å². The molecule has 1 atom stereocenters. The number of nitrogens with zero attached hydrogens (tertiary/aromatic N) is 1. The third-order valence-electron chi connectivity index (χ3n) is 1.37. The van der Waals surface area contributed by atoms with Crippen molar-refractivity contribution >= 4 is 29.2 Å². The van der Waals surface area contributed by atoms with Gasteiger partial charge in [0.2, 0.25) is 5.91 Å². The number of hydrogen-bond acceptors (Lipinski definition) is 4. The maximum absolute atomic E-state index is 11.0. The number of thioether (sulfide) groups is 1. The fourth-order valence-electron chi connectivity index (χ4n) is 0.814. The summed E-state index contributed by atoms with van der Waals surface area (Å²) >= 11 is 0.955. The third-order valence-corrected chi connectivity index (χ3v) is 2.35. The maximum Gasteiger partial charge on any atom is 0.289 e. The van der Waals surface area contributed by atoms with E-state index >= 15 is 0 Å². The summed E-state index contributed by atoms with van der Waals surface area (Å²) in [4.78, 5) is 32.9. The second-order valence-corrected chi connectivity index (χ2v) is 3.43. The number of carbonyl (C=O) groups excluding carboxylic acids is 3. The highest BCUT2D eigenvalue weighted by molar-refractivity contribution is 8.15. The first kappa shape index (κ1) is 8.26. The number of imide groups is 1. The van der Waals surface area contributed by atoms with Crippen LogP contribution in [0.1, 0.15) is 6.92 Å². The Balaban J connectivity index is 2.71. The zero-order valence-electron chi connectivity index (χ0n) is 5.94. The van der Waals surface area contributed by atoms with Gasteiger partial charge in [-0.05, 0) is 6.92 Å². The average Bonchev–Trinajstić information content (AvgIpc) is 2.17. The fourth-order valence-corrected chi connectivity index (χ4v) is 1.64. The first-order valence-corrected chi connectivity index (χ1v) is 4.00. The summed E-state index contributed by atoms with van der Waals surface area (Å²) in [5.41, 5.74) is 0. The average molecular weight is 173 g/mol. The molecule has 0 radical (unpaired) electrons. The number of aldehydes is 1. The van der Waals surface area contributed by atoms with Gasteiger partial charge in [0, 0.05) is 0 Å². The molecule has 60 valence electrons. The molecule has 5 heteroatoms. The van der Waals surface area contributed by atoms with Crippen LogP contribution in [0.3, 0.4) is 0 Å². The molecule has 0 aromatic rings. The van der Waals surface area contributed by atoms with E-state index in [0.717, 1.165) is 16.7 Å². The number of amides is 2. The lowest BCUT2D eigenvalue weighted by atomic mass is 10.4. The van der Waals surface area contributed by atoms with Crippen LogP contribution in [0, 0.1) is 0 Å². The van der Waals surface area contributed by atoms with Crippen molar-refractivity contribution < 1.29 is 14.4 Å². The molecule has 4 nitrogen and oxygen atoms in total. The molecule has 2 amide bonds. The lowest BCUT2D eigenvalue weighted by molar-refractivity contribution is -0.128. The first-order valence-electron chi connectivity index (χ1n) is 3.12. The summed E-state index contributed by atoms with van der Waals surface area (Å²) in [5, 5.41) is -0.656. The van der Waals surface area contributed by atoms with E-state index in [1.54, 1.807) is 6.92 Å². The van der Waals surface area contributed by atoms with Gasteiger partial charge >= 0.3 is 0 Å². The van der Waals surface area contributed by atoms with Crippen LogP contribution < -0.4 is 0 Å². The van der Waals surface area contributed by atoms with Crippen LogP contribution in [0.2, 0.25) is 0 Å². The quantitative estimate of drug-likeness (QED) is 0.562. The second kappa shape index (κ2) is 3.04. The van der Waals surface area contributed by atoms with Crippen molar-refractivity contribution in [1.82, 2.24) is 4.90 Å². The zero-order chi connectivity index (χ0) is 8.43. The summed E-state index contributed by atoms with van der Waals surface area (Å²) in [6, 6.07) is 0. The molecule has 0 aliphatic carbocycles. The van der Waals surface area contributed by atoms with Crippen LogP contribution >= 0.6 is 11.8 Å². The Labute approximate surface area is 67.9 Å². The highest BCUT2D eigenvalue weighted by atomic mass is 32.2. The van der Waals surface area contributed by atoms with E-state index in [4.69, 9.17) is 0 Å². The molecule has 0 N–H and O–H groups in total. The standard InChI is InChI=1S/C6H7NO3S/c1-4-5(9)7(2-3-8)6(10)11-4/h3-4H,2H2,1H3. The molecule has 0 saturated carbocycles. The smallest absolute Gasteiger partial charge is 0.289 e. The molecule has 1 heterocycles. The van der Waals surface area contributed by atoms with Crippen LogP contribution in [0.25, 0.3) is 0 Å². The molecule has 11 heavy (non-hydrogen) atoms. The van der Waals surface area contributed by atoms with E-state index in [2.05, 4.69) is 0 Å². The van der Waals surface area contributed by atoms with Gasteiger partial charge in [-0.25, -0.2) is 0 Å². The lowest BCUT2D eigenvalue weighted by Crippen LogP contribution is -2.32. The molecule has 0 spiro atoms. The molecule has 0 aromatic carbocycles. The summed E-state index contributed by atoms with van der Waals surface area (Å²) < 4.78 is 0. The van der Waals surface area contributed by atoms with E-state index in [9.17, 15) is 14.4 Å². The predicted octanol–water partition coefficient (Wildman–Crippen LogP) is 0.269. The minimum absolute atomic E-state index is 0.116. The SMILES string of the molecule is CC1SC(=O)N(CC=O)C1=O. The van der Waals surface area contributed by atoms with Crippen molar-refractivity contribution in [1.29, 1.82) is 0 Å². The topological polar surface area (TPSA) is 54.5 Å². The van der Waals surface area contributed by atoms with Gasteiger partial charge in [-0.2, -0.15) is 0 Å². The fraction of sp³-hybridized carbons (Fsp3) is 0.500. The van der Waals surface area contributed by atoms with Crippen molar-refractivity contribution in [3.63, 3.8) is 0 Å². The van der Waals surface area contributed by atoms with E-state index in [0.29, 0.717) is 6.29 Å². The molecule has 1 saturated heterocycles. The van der Waals surface area contributed by atoms with Crippen molar-refractivity contribution in [3.05, 3.63) is 0 Å². The molecule has 1 fully saturated rings. The molecular formula is C6H7NO3S. The van der Waals surface area contributed by atoms with Gasteiger partial charge in [0.1, 0.15) is 6.29 Å². The van der Waals surface area contributed by atoms with Gasteiger partial charge in [0.15, 0.2) is 0 Å². The number of rotatable bonds is 2. The van der Waals surface area contributed by atoms with E-state index in [1.165, 1.54) is 0 Å². The molecule has 1 unspecified atom stereocenters. The van der Waals surface area contributed by atoms with Gasteiger partial charge in [0.05, 0.1) is 11.8 Å². The van der Waals surface area contributed by atoms with Crippen LogP contribution in [-0.4, -0.2) is 34.1 Å². The van der Waals surface area contributed by atoms with Crippen LogP contribution in [-0.2, 0) is 9.59 Å². The monoisotopic (exact) mass is 173 g/mol.